The molecule has 6 nitrogen and oxygen atoms in total. The Kier molecular flexibility index (Phi) is 48.7. The number of hydrogen-bond acceptors (Lipinski definition) is 6. The third-order valence-corrected chi connectivity index (χ3v) is 12.4. The molecule has 0 spiro atoms. The predicted molar refractivity (Wildman–Crippen MR) is 257 cm³/mol. The average molecular weight is 849 g/mol. The fraction of sp³-hybridized carbons (Fsp3) is 0.944. The molecule has 0 fully saturated rings. The molecule has 0 aromatic heterocycles. The van der Waals surface area contributed by atoms with E-state index in [2.05, 4.69) is 20.8 Å². The number of hydrogen-bond donors (Lipinski definition) is 0. The number of unbranched alkanes of at least 4 members (excludes halogenated alkanes) is 39. The monoisotopic (exact) mass is 849 g/mol. The minimum atomic E-state index is -0.759. The van der Waals surface area contributed by atoms with E-state index in [0.29, 0.717) is 19.3 Å². The van der Waals surface area contributed by atoms with Gasteiger partial charge in [0.25, 0.3) is 0 Å². The van der Waals surface area contributed by atoms with Crippen LogP contribution < -0.4 is 0 Å². The van der Waals surface area contributed by atoms with Crippen LogP contribution in [-0.2, 0) is 28.6 Å². The van der Waals surface area contributed by atoms with E-state index >= 15 is 0 Å². The number of ether oxygens (including phenoxy) is 3. The smallest absolute Gasteiger partial charge is 0.306 e. The molecule has 0 unspecified atom stereocenters. The summed E-state index contributed by atoms with van der Waals surface area (Å²) in [6.07, 6.45) is 53.8. The molecule has 0 rings (SSSR count). The first kappa shape index (κ1) is 58.4. The molecule has 0 aliphatic rings. The summed E-state index contributed by atoms with van der Waals surface area (Å²) in [4.78, 5) is 37.9. The molecule has 1 atom stereocenters. The normalized spacial score (nSPS) is 11.8. The van der Waals surface area contributed by atoms with Gasteiger partial charge in [0.05, 0.1) is 0 Å². The lowest BCUT2D eigenvalue weighted by Gasteiger charge is -2.18. The molecular formula is C54H104O6. The summed E-state index contributed by atoms with van der Waals surface area (Å²) < 4.78 is 16.8. The van der Waals surface area contributed by atoms with Crippen LogP contribution in [0.2, 0.25) is 0 Å². The van der Waals surface area contributed by atoms with Gasteiger partial charge in [0.2, 0.25) is 0 Å². The van der Waals surface area contributed by atoms with E-state index in [0.717, 1.165) is 57.8 Å². The van der Waals surface area contributed by atoms with Crippen molar-refractivity contribution in [1.82, 2.24) is 0 Å². The molecule has 0 heterocycles. The van der Waals surface area contributed by atoms with Crippen LogP contribution in [0.3, 0.4) is 0 Å². The first-order valence-electron chi connectivity index (χ1n) is 27.0. The Bertz CT molecular complexity index is 889. The highest BCUT2D eigenvalue weighted by Gasteiger charge is 2.19. The SMILES string of the molecule is CCCCCCCCCCCCCCCCCCCCCC(=O)O[C@@H](COC(=O)CCCCCCCCCCC)COC(=O)CCCCCCCCCCCCCCCC. The molecule has 0 radical (unpaired) electrons. The highest BCUT2D eigenvalue weighted by molar-refractivity contribution is 5.71. The van der Waals surface area contributed by atoms with E-state index in [1.807, 2.05) is 0 Å². The van der Waals surface area contributed by atoms with E-state index in [4.69, 9.17) is 14.2 Å². The van der Waals surface area contributed by atoms with E-state index in [1.165, 1.54) is 212 Å². The lowest BCUT2D eigenvalue weighted by molar-refractivity contribution is -0.167. The van der Waals surface area contributed by atoms with Crippen LogP contribution in [0.1, 0.15) is 310 Å². The molecule has 0 amide bonds. The van der Waals surface area contributed by atoms with Gasteiger partial charge in [0, 0.05) is 19.3 Å². The summed E-state index contributed by atoms with van der Waals surface area (Å²) in [5.74, 6) is -0.841. The quantitative estimate of drug-likeness (QED) is 0.0345. The number of carbonyl (C=O) groups is 3. The van der Waals surface area contributed by atoms with Crippen molar-refractivity contribution in [2.75, 3.05) is 13.2 Å². The molecule has 0 aliphatic heterocycles. The lowest BCUT2D eigenvalue weighted by atomic mass is 10.0. The van der Waals surface area contributed by atoms with Gasteiger partial charge in [-0.2, -0.15) is 0 Å². The van der Waals surface area contributed by atoms with Crippen LogP contribution in [0.25, 0.3) is 0 Å². The Hall–Kier alpha value is -1.59. The van der Waals surface area contributed by atoms with Gasteiger partial charge in [-0.15, -0.1) is 0 Å². The van der Waals surface area contributed by atoms with Gasteiger partial charge in [-0.3, -0.25) is 14.4 Å². The van der Waals surface area contributed by atoms with Gasteiger partial charge in [0.15, 0.2) is 6.10 Å². The lowest BCUT2D eigenvalue weighted by Crippen LogP contribution is -2.30. The van der Waals surface area contributed by atoms with Crippen LogP contribution >= 0.6 is 0 Å². The fourth-order valence-corrected chi connectivity index (χ4v) is 8.27. The summed E-state index contributed by atoms with van der Waals surface area (Å²) in [5.41, 5.74) is 0. The molecule has 0 saturated carbocycles. The Morgan fingerprint density at radius 1 is 0.267 bits per heavy atom. The topological polar surface area (TPSA) is 78.9 Å². The second-order valence-electron chi connectivity index (χ2n) is 18.5. The Labute approximate surface area is 374 Å². The largest absolute Gasteiger partial charge is 0.462 e. The molecule has 6 heteroatoms. The van der Waals surface area contributed by atoms with Crippen molar-refractivity contribution in [2.24, 2.45) is 0 Å². The summed E-state index contributed by atoms with van der Waals surface area (Å²) in [6, 6.07) is 0. The highest BCUT2D eigenvalue weighted by Crippen LogP contribution is 2.17. The maximum Gasteiger partial charge on any atom is 0.306 e. The predicted octanol–water partition coefficient (Wildman–Crippen LogP) is 17.6. The van der Waals surface area contributed by atoms with Gasteiger partial charge in [-0.1, -0.05) is 271 Å². The summed E-state index contributed by atoms with van der Waals surface area (Å²) in [7, 11) is 0. The van der Waals surface area contributed by atoms with Crippen molar-refractivity contribution in [3.05, 3.63) is 0 Å². The van der Waals surface area contributed by atoms with Crippen molar-refractivity contribution >= 4 is 17.9 Å². The summed E-state index contributed by atoms with van der Waals surface area (Å²) in [6.45, 7) is 6.67. The van der Waals surface area contributed by atoms with Gasteiger partial charge in [0.1, 0.15) is 13.2 Å². The summed E-state index contributed by atoms with van der Waals surface area (Å²) in [5, 5.41) is 0. The minimum Gasteiger partial charge on any atom is -0.462 e. The zero-order valence-electron chi connectivity index (χ0n) is 40.8. The van der Waals surface area contributed by atoms with E-state index in [9.17, 15) is 14.4 Å². The van der Waals surface area contributed by atoms with Crippen LogP contribution in [0.15, 0.2) is 0 Å². The third kappa shape index (κ3) is 47.5. The van der Waals surface area contributed by atoms with Crippen LogP contribution in [0.5, 0.6) is 0 Å². The number of carbonyl (C=O) groups excluding carboxylic acids is 3. The van der Waals surface area contributed by atoms with Crippen molar-refractivity contribution < 1.29 is 28.6 Å². The molecule has 0 aromatic rings. The first-order chi connectivity index (χ1) is 29.5. The maximum atomic E-state index is 12.8. The molecule has 0 aromatic carbocycles. The van der Waals surface area contributed by atoms with Crippen LogP contribution in [0.4, 0.5) is 0 Å². The second kappa shape index (κ2) is 50.1. The highest BCUT2D eigenvalue weighted by atomic mass is 16.6. The van der Waals surface area contributed by atoms with Gasteiger partial charge in [-0.25, -0.2) is 0 Å². The molecule has 0 N–H and O–H groups in total. The van der Waals surface area contributed by atoms with Crippen molar-refractivity contribution in [3.8, 4) is 0 Å². The average Bonchev–Trinajstić information content (AvgIpc) is 3.24. The van der Waals surface area contributed by atoms with Crippen LogP contribution in [-0.4, -0.2) is 37.2 Å². The zero-order chi connectivity index (χ0) is 43.7. The zero-order valence-corrected chi connectivity index (χ0v) is 40.8. The standard InChI is InChI=1S/C54H104O6/c1-4-7-10-13-16-19-21-23-25-26-27-28-29-31-33-36-39-42-45-48-54(57)60-51(49-58-52(55)46-43-40-37-34-18-15-12-9-6-3)50-59-53(56)47-44-41-38-35-32-30-24-22-20-17-14-11-8-5-2/h51H,4-50H2,1-3H3/t51-/m0/s1. The molecule has 356 valence electrons. The second-order valence-corrected chi connectivity index (χ2v) is 18.5. The van der Waals surface area contributed by atoms with Crippen molar-refractivity contribution in [1.29, 1.82) is 0 Å². The summed E-state index contributed by atoms with van der Waals surface area (Å²) >= 11 is 0. The minimum absolute atomic E-state index is 0.0618. The molecule has 0 bridgehead atoms. The van der Waals surface area contributed by atoms with Gasteiger partial charge < -0.3 is 14.2 Å². The van der Waals surface area contributed by atoms with Crippen LogP contribution in [0, 0.1) is 0 Å². The Balaban J connectivity index is 4.22. The van der Waals surface area contributed by atoms with E-state index < -0.39 is 6.10 Å². The number of rotatable bonds is 50. The fourth-order valence-electron chi connectivity index (χ4n) is 8.27. The van der Waals surface area contributed by atoms with Crippen molar-refractivity contribution in [3.63, 3.8) is 0 Å². The molecule has 0 aliphatic carbocycles. The third-order valence-electron chi connectivity index (χ3n) is 12.4. The first-order valence-corrected chi connectivity index (χ1v) is 27.0. The van der Waals surface area contributed by atoms with Crippen molar-refractivity contribution in [2.45, 2.75) is 316 Å². The molecule has 0 saturated heterocycles. The van der Waals surface area contributed by atoms with E-state index in [-0.39, 0.29) is 31.1 Å². The Morgan fingerprint density at radius 3 is 0.667 bits per heavy atom. The van der Waals surface area contributed by atoms with Gasteiger partial charge >= 0.3 is 17.9 Å². The Morgan fingerprint density at radius 2 is 0.450 bits per heavy atom. The van der Waals surface area contributed by atoms with Gasteiger partial charge in [-0.05, 0) is 19.3 Å². The molecule has 60 heavy (non-hydrogen) atoms. The molecular weight excluding hydrogens is 745 g/mol. The number of esters is 3. The maximum absolute atomic E-state index is 12.8. The van der Waals surface area contributed by atoms with E-state index in [1.54, 1.807) is 0 Å².